The molecule has 0 aliphatic heterocycles. The zero-order chi connectivity index (χ0) is 20.4. The van der Waals surface area contributed by atoms with E-state index in [1.807, 2.05) is 12.5 Å². The molecule has 0 radical (unpaired) electrons. The predicted molar refractivity (Wildman–Crippen MR) is 114 cm³/mol. The van der Waals surface area contributed by atoms with E-state index in [4.69, 9.17) is 4.74 Å². The first kappa shape index (κ1) is 19.4. The molecule has 158 valence electrons. The van der Waals surface area contributed by atoms with E-state index >= 15 is 0 Å². The maximum absolute atomic E-state index is 12.0. The molecule has 0 spiro atoms. The monoisotopic (exact) mass is 396 g/mol. The van der Waals surface area contributed by atoms with Crippen LogP contribution in [0.4, 0.5) is 0 Å². The Morgan fingerprint density at radius 2 is 1.97 bits per heavy atom. The molecule has 0 aromatic carbocycles. The largest absolute Gasteiger partial charge is 0.462 e. The van der Waals surface area contributed by atoms with Crippen LogP contribution >= 0.6 is 0 Å². The lowest BCUT2D eigenvalue weighted by Crippen LogP contribution is -2.60. The molecular weight excluding hydrogens is 360 g/mol. The lowest BCUT2D eigenvalue weighted by molar-refractivity contribution is -0.194. The molecule has 4 aliphatic rings. The molecule has 29 heavy (non-hydrogen) atoms. The number of hydrogen-bond donors (Lipinski definition) is 0. The molecule has 4 heteroatoms. The van der Waals surface area contributed by atoms with E-state index in [0.717, 1.165) is 18.8 Å². The number of hydrogen-bond acceptors (Lipinski definition) is 3. The molecule has 5 rings (SSSR count). The lowest BCUT2D eigenvalue weighted by Gasteiger charge is -2.65. The predicted octanol–water partition coefficient (Wildman–Crippen LogP) is 5.70. The van der Waals surface area contributed by atoms with E-state index in [1.165, 1.54) is 44.2 Å². The normalized spacial score (nSPS) is 46.3. The number of imidazole rings is 1. The third-order valence-electron chi connectivity index (χ3n) is 10.0. The number of allylic oxidation sites excluding steroid dienone is 2. The van der Waals surface area contributed by atoms with Gasteiger partial charge in [-0.1, -0.05) is 39.7 Å². The summed E-state index contributed by atoms with van der Waals surface area (Å²) < 4.78 is 8.27. The first-order valence-corrected chi connectivity index (χ1v) is 11.7. The van der Waals surface area contributed by atoms with Crippen molar-refractivity contribution in [2.75, 3.05) is 0 Å². The van der Waals surface area contributed by atoms with Crippen molar-refractivity contribution in [3.63, 3.8) is 0 Å². The molecule has 4 aliphatic carbocycles. The minimum atomic E-state index is -0.103. The van der Waals surface area contributed by atoms with Gasteiger partial charge in [0, 0.05) is 36.3 Å². The topological polar surface area (TPSA) is 44.1 Å². The van der Waals surface area contributed by atoms with Gasteiger partial charge in [-0.25, -0.2) is 4.98 Å². The first-order valence-electron chi connectivity index (χ1n) is 11.7. The summed E-state index contributed by atoms with van der Waals surface area (Å²) in [6.07, 6.45) is 18.3. The van der Waals surface area contributed by atoms with Crippen LogP contribution in [0.15, 0.2) is 24.8 Å². The number of esters is 1. The highest BCUT2D eigenvalue weighted by atomic mass is 16.5. The Kier molecular flexibility index (Phi) is 4.32. The molecular formula is C25H36N2O2. The molecule has 2 unspecified atom stereocenters. The van der Waals surface area contributed by atoms with Crippen LogP contribution in [0, 0.1) is 34.0 Å². The third-order valence-corrected chi connectivity index (χ3v) is 10.0. The molecule has 4 nitrogen and oxygen atoms in total. The fraction of sp³-hybridized carbons (Fsp3) is 0.760. The summed E-state index contributed by atoms with van der Waals surface area (Å²) in [6, 6.07) is 0. The van der Waals surface area contributed by atoms with Crippen LogP contribution in [-0.4, -0.2) is 21.6 Å². The minimum absolute atomic E-state index is 0.0931. The van der Waals surface area contributed by atoms with Crippen LogP contribution in [0.2, 0.25) is 0 Å². The van der Waals surface area contributed by atoms with Crippen molar-refractivity contribution in [3.05, 3.63) is 24.8 Å². The average Bonchev–Trinajstić information content (AvgIpc) is 3.27. The Morgan fingerprint density at radius 1 is 1.14 bits per heavy atom. The third kappa shape index (κ3) is 2.56. The molecule has 0 N–H and O–H groups in total. The summed E-state index contributed by atoms with van der Waals surface area (Å²) in [5.74, 6) is 1.78. The van der Waals surface area contributed by atoms with Crippen molar-refractivity contribution in [2.24, 2.45) is 34.0 Å². The van der Waals surface area contributed by atoms with Crippen LogP contribution in [0.5, 0.6) is 0 Å². The van der Waals surface area contributed by atoms with Crippen LogP contribution in [0.1, 0.15) is 79.1 Å². The van der Waals surface area contributed by atoms with Crippen molar-refractivity contribution >= 4 is 11.7 Å². The summed E-state index contributed by atoms with van der Waals surface area (Å²) in [5, 5.41) is 0. The van der Waals surface area contributed by atoms with E-state index < -0.39 is 0 Å². The van der Waals surface area contributed by atoms with Crippen LogP contribution < -0.4 is 0 Å². The van der Waals surface area contributed by atoms with Gasteiger partial charge >= 0.3 is 5.97 Å². The quantitative estimate of drug-likeness (QED) is 0.603. The van der Waals surface area contributed by atoms with Gasteiger partial charge in [-0.15, -0.1) is 0 Å². The van der Waals surface area contributed by atoms with E-state index in [-0.39, 0.29) is 22.9 Å². The average molecular weight is 397 g/mol. The van der Waals surface area contributed by atoms with Crippen LogP contribution in [0.3, 0.4) is 0 Å². The van der Waals surface area contributed by atoms with Gasteiger partial charge in [-0.2, -0.15) is 0 Å². The van der Waals surface area contributed by atoms with Gasteiger partial charge in [0.15, 0.2) is 0 Å². The maximum atomic E-state index is 12.0. The van der Waals surface area contributed by atoms with Gasteiger partial charge in [0.2, 0.25) is 0 Å². The van der Waals surface area contributed by atoms with Crippen molar-refractivity contribution in [3.8, 4) is 0 Å². The van der Waals surface area contributed by atoms with Gasteiger partial charge < -0.3 is 9.30 Å². The van der Waals surface area contributed by atoms with E-state index in [2.05, 4.69) is 42.6 Å². The van der Waals surface area contributed by atoms with Crippen LogP contribution in [-0.2, 0) is 9.53 Å². The van der Waals surface area contributed by atoms with Gasteiger partial charge in [-0.3, -0.25) is 4.79 Å². The lowest BCUT2D eigenvalue weighted by atomic mass is 9.40. The number of carbonyl (C=O) groups is 1. The Morgan fingerprint density at radius 3 is 2.69 bits per heavy atom. The zero-order valence-electron chi connectivity index (χ0n) is 18.5. The fourth-order valence-corrected chi connectivity index (χ4v) is 8.34. The second-order valence-corrected chi connectivity index (χ2v) is 11.0. The summed E-state index contributed by atoms with van der Waals surface area (Å²) >= 11 is 0. The Balaban J connectivity index is 1.54. The van der Waals surface area contributed by atoms with Gasteiger partial charge in [0.1, 0.15) is 6.10 Å². The maximum Gasteiger partial charge on any atom is 0.302 e. The van der Waals surface area contributed by atoms with Gasteiger partial charge in [-0.05, 0) is 61.2 Å². The summed E-state index contributed by atoms with van der Waals surface area (Å²) in [7, 11) is 0. The van der Waals surface area contributed by atoms with Crippen LogP contribution in [0.25, 0.3) is 5.70 Å². The number of aromatic nitrogens is 2. The Bertz CT molecular complexity index is 830. The minimum Gasteiger partial charge on any atom is -0.462 e. The number of carbonyl (C=O) groups excluding carboxylic acids is 1. The smallest absolute Gasteiger partial charge is 0.302 e. The Labute approximate surface area is 175 Å². The number of ether oxygens (including phenoxy) is 1. The van der Waals surface area contributed by atoms with Crippen molar-refractivity contribution in [1.29, 1.82) is 0 Å². The van der Waals surface area contributed by atoms with Crippen molar-refractivity contribution < 1.29 is 9.53 Å². The molecule has 1 aromatic heterocycles. The zero-order valence-corrected chi connectivity index (χ0v) is 18.5. The van der Waals surface area contributed by atoms with Gasteiger partial charge in [0.25, 0.3) is 0 Å². The highest BCUT2D eigenvalue weighted by molar-refractivity contribution is 5.66. The standard InChI is InChI=1S/C25H36N2O2/c1-17(28)29-21-15-20-18(23(2)10-6-5-7-19(21)23)8-11-25(4)22(9-12-24(20,25)3)27-14-13-26-16-27/h9,13-14,16,18-21H,5-8,10-12,15H2,1-4H3/t18-,19?,20+,21?,23+,24-,25+/m0/s1. The molecule has 0 saturated heterocycles. The number of nitrogens with zero attached hydrogens (tertiary/aromatic N) is 2. The SMILES string of the molecule is CC(=O)OC1C[C@@H]2[C@H](CC[C@]3(C)C(n4ccnc4)=CC[C@@]23C)[C@@]2(C)CCCCC12. The summed E-state index contributed by atoms with van der Waals surface area (Å²) in [5.41, 5.74) is 2.09. The highest BCUT2D eigenvalue weighted by Gasteiger charge is 2.65. The first-order chi connectivity index (χ1) is 13.8. The molecule has 1 aromatic rings. The summed E-state index contributed by atoms with van der Waals surface area (Å²) in [6.45, 7) is 9.14. The van der Waals surface area contributed by atoms with E-state index in [1.54, 1.807) is 6.92 Å². The van der Waals surface area contributed by atoms with Gasteiger partial charge in [0.05, 0.1) is 6.33 Å². The molecule has 3 saturated carbocycles. The molecule has 0 bridgehead atoms. The fourth-order valence-electron chi connectivity index (χ4n) is 8.34. The number of rotatable bonds is 2. The van der Waals surface area contributed by atoms with E-state index in [0.29, 0.717) is 17.3 Å². The molecule has 1 heterocycles. The second kappa shape index (κ2) is 6.46. The van der Waals surface area contributed by atoms with E-state index in [9.17, 15) is 4.79 Å². The molecule has 0 amide bonds. The molecule has 3 fully saturated rings. The summed E-state index contributed by atoms with van der Waals surface area (Å²) in [4.78, 5) is 16.3. The second-order valence-electron chi connectivity index (χ2n) is 11.0. The molecule has 7 atom stereocenters. The highest BCUT2D eigenvalue weighted by Crippen LogP contribution is 2.72. The Hall–Kier alpha value is -1.58. The number of fused-ring (bicyclic) bond motifs is 5. The van der Waals surface area contributed by atoms with Crippen molar-refractivity contribution in [2.45, 2.75) is 85.2 Å². The van der Waals surface area contributed by atoms with Crippen molar-refractivity contribution in [1.82, 2.24) is 9.55 Å².